The van der Waals surface area contributed by atoms with Gasteiger partial charge in [0, 0.05) is 0 Å². The molecule has 0 radical (unpaired) electrons. The number of ether oxygens (including phenoxy) is 2. The summed E-state index contributed by atoms with van der Waals surface area (Å²) in [6.45, 7) is 2.89. The van der Waals surface area contributed by atoms with E-state index in [9.17, 15) is 4.79 Å². The van der Waals surface area contributed by atoms with Crippen molar-refractivity contribution in [2.75, 3.05) is 13.2 Å². The summed E-state index contributed by atoms with van der Waals surface area (Å²) in [6, 6.07) is 0. The monoisotopic (exact) mass is 266 g/mol. The van der Waals surface area contributed by atoms with Gasteiger partial charge in [-0.3, -0.25) is 0 Å². The largest absolute Gasteiger partial charge is 0.464 e. The third kappa shape index (κ3) is 4.98. The van der Waals surface area contributed by atoms with Crippen molar-refractivity contribution < 1.29 is 14.3 Å². The predicted molar refractivity (Wildman–Crippen MR) is 74.8 cm³/mol. The first-order valence-corrected chi connectivity index (χ1v) is 7.68. The lowest BCUT2D eigenvalue weighted by Crippen LogP contribution is -2.25. The fraction of sp³-hybridized carbons (Fsp3) is 0.812. The Labute approximate surface area is 116 Å². The van der Waals surface area contributed by atoms with Gasteiger partial charge in [0.15, 0.2) is 0 Å². The zero-order chi connectivity index (χ0) is 13.5. The number of hydrogen-bond acceptors (Lipinski definition) is 3. The zero-order valence-corrected chi connectivity index (χ0v) is 12.0. The van der Waals surface area contributed by atoms with Crippen molar-refractivity contribution in [3.8, 4) is 0 Å². The van der Waals surface area contributed by atoms with Crippen molar-refractivity contribution in [2.24, 2.45) is 11.8 Å². The summed E-state index contributed by atoms with van der Waals surface area (Å²) in [5.41, 5.74) is 0. The van der Waals surface area contributed by atoms with Crippen LogP contribution in [0.3, 0.4) is 0 Å². The van der Waals surface area contributed by atoms with Gasteiger partial charge >= 0.3 is 5.97 Å². The van der Waals surface area contributed by atoms with E-state index in [0.717, 1.165) is 25.7 Å². The number of hydrogen-bond donors (Lipinski definition) is 0. The average molecular weight is 266 g/mol. The minimum atomic E-state index is -0.202. The molecular weight excluding hydrogens is 240 g/mol. The van der Waals surface area contributed by atoms with Gasteiger partial charge < -0.3 is 9.47 Å². The molecule has 1 fully saturated rings. The third-order valence-corrected chi connectivity index (χ3v) is 4.37. The minimum absolute atomic E-state index is 0.127. The van der Waals surface area contributed by atoms with Crippen molar-refractivity contribution in [2.45, 2.75) is 58.0 Å². The molecule has 0 saturated heterocycles. The van der Waals surface area contributed by atoms with Gasteiger partial charge in [0.1, 0.15) is 6.61 Å². The summed E-state index contributed by atoms with van der Waals surface area (Å²) in [5, 5.41) is 0. The Kier molecular flexibility index (Phi) is 5.90. The normalized spacial score (nSPS) is 28.3. The van der Waals surface area contributed by atoms with E-state index < -0.39 is 0 Å². The Hall–Kier alpha value is -0.830. The first-order valence-electron chi connectivity index (χ1n) is 7.68. The molecule has 0 bridgehead atoms. The van der Waals surface area contributed by atoms with E-state index in [1.807, 2.05) is 0 Å². The SMILES string of the molecule is C[C@H]1CC=CC[C@H]1COC(=O)COC1CCCCC1. The molecule has 0 spiro atoms. The summed E-state index contributed by atoms with van der Waals surface area (Å²) in [6.07, 6.45) is 12.8. The van der Waals surface area contributed by atoms with Crippen LogP contribution in [0.4, 0.5) is 0 Å². The van der Waals surface area contributed by atoms with Crippen molar-refractivity contribution in [1.82, 2.24) is 0 Å². The van der Waals surface area contributed by atoms with Crippen LogP contribution < -0.4 is 0 Å². The standard InChI is InChI=1S/C16H26O3/c1-13-7-5-6-8-14(13)11-19-16(17)12-18-15-9-3-2-4-10-15/h5-6,13-15H,2-4,7-12H2,1H3/t13-,14-/m0/s1. The van der Waals surface area contributed by atoms with Crippen LogP contribution in [0.1, 0.15) is 51.9 Å². The molecule has 2 rings (SSSR count). The maximum absolute atomic E-state index is 11.7. The van der Waals surface area contributed by atoms with Gasteiger partial charge in [-0.1, -0.05) is 38.3 Å². The van der Waals surface area contributed by atoms with Gasteiger partial charge in [-0.15, -0.1) is 0 Å². The molecule has 0 heterocycles. The summed E-state index contributed by atoms with van der Waals surface area (Å²) in [4.78, 5) is 11.7. The van der Waals surface area contributed by atoms with Crippen LogP contribution in [0.5, 0.6) is 0 Å². The molecule has 19 heavy (non-hydrogen) atoms. The lowest BCUT2D eigenvalue weighted by molar-refractivity contribution is -0.153. The van der Waals surface area contributed by atoms with E-state index in [1.165, 1.54) is 19.3 Å². The Bertz CT molecular complexity index is 305. The summed E-state index contributed by atoms with van der Waals surface area (Å²) < 4.78 is 11.0. The molecule has 0 unspecified atom stereocenters. The lowest BCUT2D eigenvalue weighted by Gasteiger charge is -2.25. The van der Waals surface area contributed by atoms with Crippen LogP contribution in [0.2, 0.25) is 0 Å². The Morgan fingerprint density at radius 2 is 1.89 bits per heavy atom. The van der Waals surface area contributed by atoms with Crippen LogP contribution in [-0.4, -0.2) is 25.3 Å². The predicted octanol–water partition coefficient (Wildman–Crippen LogP) is 3.48. The van der Waals surface area contributed by atoms with E-state index >= 15 is 0 Å². The van der Waals surface area contributed by atoms with E-state index in [-0.39, 0.29) is 18.7 Å². The van der Waals surface area contributed by atoms with Gasteiger partial charge in [0.05, 0.1) is 12.7 Å². The molecule has 0 N–H and O–H groups in total. The second-order valence-corrected chi connectivity index (χ2v) is 5.93. The zero-order valence-electron chi connectivity index (χ0n) is 12.0. The van der Waals surface area contributed by atoms with Crippen LogP contribution in [0, 0.1) is 11.8 Å². The number of rotatable bonds is 5. The maximum Gasteiger partial charge on any atom is 0.332 e. The highest BCUT2D eigenvalue weighted by molar-refractivity contribution is 5.70. The van der Waals surface area contributed by atoms with Gasteiger partial charge in [-0.25, -0.2) is 4.79 Å². The Balaban J connectivity index is 1.60. The molecule has 3 heteroatoms. The van der Waals surface area contributed by atoms with Crippen molar-refractivity contribution in [3.05, 3.63) is 12.2 Å². The molecule has 2 aliphatic rings. The fourth-order valence-corrected chi connectivity index (χ4v) is 2.90. The van der Waals surface area contributed by atoms with Crippen LogP contribution >= 0.6 is 0 Å². The second-order valence-electron chi connectivity index (χ2n) is 5.93. The smallest absolute Gasteiger partial charge is 0.332 e. The molecule has 2 aliphatic carbocycles. The van der Waals surface area contributed by atoms with Crippen LogP contribution in [0.15, 0.2) is 12.2 Å². The first-order chi connectivity index (χ1) is 9.25. The Morgan fingerprint density at radius 3 is 2.63 bits per heavy atom. The molecule has 0 aromatic rings. The summed E-state index contributed by atoms with van der Waals surface area (Å²) >= 11 is 0. The van der Waals surface area contributed by atoms with Crippen molar-refractivity contribution >= 4 is 5.97 Å². The molecule has 0 amide bonds. The van der Waals surface area contributed by atoms with Crippen LogP contribution in [-0.2, 0) is 14.3 Å². The molecule has 0 aromatic carbocycles. The number of esters is 1. The highest BCUT2D eigenvalue weighted by Crippen LogP contribution is 2.25. The maximum atomic E-state index is 11.7. The molecule has 1 saturated carbocycles. The van der Waals surface area contributed by atoms with Crippen molar-refractivity contribution in [3.63, 3.8) is 0 Å². The van der Waals surface area contributed by atoms with E-state index in [0.29, 0.717) is 18.4 Å². The number of allylic oxidation sites excluding steroid dienone is 2. The molecule has 0 aliphatic heterocycles. The van der Waals surface area contributed by atoms with E-state index in [4.69, 9.17) is 9.47 Å². The van der Waals surface area contributed by atoms with E-state index in [2.05, 4.69) is 19.1 Å². The highest BCUT2D eigenvalue weighted by Gasteiger charge is 2.21. The van der Waals surface area contributed by atoms with Crippen molar-refractivity contribution in [1.29, 1.82) is 0 Å². The third-order valence-electron chi connectivity index (χ3n) is 4.37. The Morgan fingerprint density at radius 1 is 1.16 bits per heavy atom. The quantitative estimate of drug-likeness (QED) is 0.564. The molecule has 108 valence electrons. The number of carbonyl (C=O) groups is 1. The lowest BCUT2D eigenvalue weighted by atomic mass is 9.85. The second kappa shape index (κ2) is 7.68. The first kappa shape index (κ1) is 14.6. The van der Waals surface area contributed by atoms with Gasteiger partial charge in [-0.05, 0) is 37.5 Å². The topological polar surface area (TPSA) is 35.5 Å². The molecule has 0 aromatic heterocycles. The van der Waals surface area contributed by atoms with Gasteiger partial charge in [0.25, 0.3) is 0 Å². The minimum Gasteiger partial charge on any atom is -0.464 e. The number of carbonyl (C=O) groups excluding carboxylic acids is 1. The molecule has 2 atom stereocenters. The molecule has 3 nitrogen and oxygen atoms in total. The molecular formula is C16H26O3. The average Bonchev–Trinajstić information content (AvgIpc) is 2.45. The summed E-state index contributed by atoms with van der Waals surface area (Å²) in [5.74, 6) is 0.882. The summed E-state index contributed by atoms with van der Waals surface area (Å²) in [7, 11) is 0. The van der Waals surface area contributed by atoms with Crippen LogP contribution in [0.25, 0.3) is 0 Å². The van der Waals surface area contributed by atoms with Gasteiger partial charge in [-0.2, -0.15) is 0 Å². The highest BCUT2D eigenvalue weighted by atomic mass is 16.6. The van der Waals surface area contributed by atoms with E-state index in [1.54, 1.807) is 0 Å². The van der Waals surface area contributed by atoms with Gasteiger partial charge in [0.2, 0.25) is 0 Å². The fourth-order valence-electron chi connectivity index (χ4n) is 2.90.